The standard InChI is InChI=1S/C12H9F4N3S/c13-9-1-2-10(12(14,15)16)8(5-9)6-19-4-3-11(18-19)17-7-20/h1-5,7H,6H2,(H,17,18,20). The van der Waals surface area contributed by atoms with Gasteiger partial charge in [0, 0.05) is 12.3 Å². The summed E-state index contributed by atoms with van der Waals surface area (Å²) in [6.45, 7) is -0.189. The van der Waals surface area contributed by atoms with Crippen LogP contribution in [0.1, 0.15) is 11.1 Å². The summed E-state index contributed by atoms with van der Waals surface area (Å²) in [5.74, 6) is -0.317. The Hall–Kier alpha value is -1.96. The number of anilines is 1. The molecule has 0 atom stereocenters. The predicted octanol–water partition coefficient (Wildman–Crippen LogP) is 3.46. The summed E-state index contributed by atoms with van der Waals surface area (Å²) >= 11 is 4.58. The molecule has 106 valence electrons. The van der Waals surface area contributed by atoms with Crippen LogP contribution in [-0.2, 0) is 12.7 Å². The molecular formula is C12H9F4N3S. The number of benzene rings is 1. The lowest BCUT2D eigenvalue weighted by molar-refractivity contribution is -0.138. The third-order valence-electron chi connectivity index (χ3n) is 2.55. The summed E-state index contributed by atoms with van der Waals surface area (Å²) in [4.78, 5) is 0. The van der Waals surface area contributed by atoms with Crippen molar-refractivity contribution in [1.82, 2.24) is 9.78 Å². The molecule has 0 spiro atoms. The Bertz CT molecular complexity index is 621. The molecule has 0 saturated heterocycles. The lowest BCUT2D eigenvalue weighted by atomic mass is 10.1. The Balaban J connectivity index is 2.31. The van der Waals surface area contributed by atoms with Gasteiger partial charge >= 0.3 is 6.18 Å². The monoisotopic (exact) mass is 303 g/mol. The lowest BCUT2D eigenvalue weighted by Gasteiger charge is -2.12. The molecule has 0 bridgehead atoms. The summed E-state index contributed by atoms with van der Waals surface area (Å²) in [6.07, 6.45) is -3.06. The van der Waals surface area contributed by atoms with Crippen molar-refractivity contribution in [3.63, 3.8) is 0 Å². The Kier molecular flexibility index (Phi) is 4.03. The third-order valence-corrected chi connectivity index (χ3v) is 2.67. The first-order chi connectivity index (χ1) is 9.40. The molecule has 1 heterocycles. The number of alkyl halides is 3. The average Bonchev–Trinajstić information content (AvgIpc) is 2.75. The van der Waals surface area contributed by atoms with E-state index in [0.29, 0.717) is 5.82 Å². The zero-order chi connectivity index (χ0) is 14.8. The SMILES string of the molecule is Fc1ccc(C(F)(F)F)c(Cn2ccc(NC=S)n2)c1. The molecule has 20 heavy (non-hydrogen) atoms. The van der Waals surface area contributed by atoms with E-state index in [0.717, 1.165) is 18.2 Å². The second-order valence-corrected chi connectivity index (χ2v) is 4.20. The number of rotatable bonds is 4. The summed E-state index contributed by atoms with van der Waals surface area (Å²) < 4.78 is 52.9. The smallest absolute Gasteiger partial charge is 0.336 e. The van der Waals surface area contributed by atoms with E-state index in [2.05, 4.69) is 22.6 Å². The number of aromatic nitrogens is 2. The van der Waals surface area contributed by atoms with Gasteiger partial charge in [-0.15, -0.1) is 0 Å². The molecule has 0 saturated carbocycles. The van der Waals surface area contributed by atoms with Crippen molar-refractivity contribution < 1.29 is 17.6 Å². The van der Waals surface area contributed by atoms with E-state index in [4.69, 9.17) is 0 Å². The van der Waals surface area contributed by atoms with Crippen LogP contribution in [0.3, 0.4) is 0 Å². The van der Waals surface area contributed by atoms with E-state index in [1.54, 1.807) is 6.07 Å². The number of thiocarbonyl (C=S) groups is 1. The first-order valence-corrected chi connectivity index (χ1v) is 5.96. The summed E-state index contributed by atoms with van der Waals surface area (Å²) in [6, 6.07) is 3.92. The topological polar surface area (TPSA) is 29.9 Å². The molecule has 3 nitrogen and oxygen atoms in total. The van der Waals surface area contributed by atoms with E-state index < -0.39 is 17.6 Å². The van der Waals surface area contributed by atoms with Crippen molar-refractivity contribution in [3.8, 4) is 0 Å². The molecule has 2 aromatic rings. The van der Waals surface area contributed by atoms with Crippen LogP contribution in [0, 0.1) is 5.82 Å². The van der Waals surface area contributed by atoms with E-state index in [1.165, 1.54) is 16.4 Å². The van der Waals surface area contributed by atoms with Crippen LogP contribution in [0.2, 0.25) is 0 Å². The van der Waals surface area contributed by atoms with Crippen LogP contribution >= 0.6 is 12.2 Å². The van der Waals surface area contributed by atoms with Crippen molar-refractivity contribution >= 4 is 23.5 Å². The number of hydrogen-bond donors (Lipinski definition) is 1. The van der Waals surface area contributed by atoms with E-state index in [-0.39, 0.29) is 12.1 Å². The summed E-state index contributed by atoms with van der Waals surface area (Å²) in [5.41, 5.74) is 0.170. The van der Waals surface area contributed by atoms with Crippen LogP contribution in [0.5, 0.6) is 0 Å². The largest absolute Gasteiger partial charge is 0.416 e. The van der Waals surface area contributed by atoms with Crippen LogP contribution in [0.25, 0.3) is 0 Å². The number of nitrogens with one attached hydrogen (secondary N) is 1. The second kappa shape index (κ2) is 5.58. The maximum atomic E-state index is 13.1. The third kappa shape index (κ3) is 3.32. The number of halogens is 4. The molecule has 0 aliphatic carbocycles. The highest BCUT2D eigenvalue weighted by Crippen LogP contribution is 2.32. The van der Waals surface area contributed by atoms with Gasteiger partial charge in [0.25, 0.3) is 0 Å². The normalized spacial score (nSPS) is 11.4. The molecule has 8 heteroatoms. The van der Waals surface area contributed by atoms with Crippen molar-refractivity contribution in [2.45, 2.75) is 12.7 Å². The van der Waals surface area contributed by atoms with Crippen LogP contribution in [0.15, 0.2) is 30.5 Å². The lowest BCUT2D eigenvalue weighted by Crippen LogP contribution is -2.12. The van der Waals surface area contributed by atoms with Gasteiger partial charge in [-0.1, -0.05) is 12.2 Å². The molecule has 1 aromatic heterocycles. The minimum absolute atomic E-state index is 0.186. The Morgan fingerprint density at radius 1 is 1.30 bits per heavy atom. The molecule has 0 radical (unpaired) electrons. The Morgan fingerprint density at radius 3 is 2.70 bits per heavy atom. The minimum Gasteiger partial charge on any atom is -0.336 e. The zero-order valence-corrected chi connectivity index (χ0v) is 10.8. The van der Waals surface area contributed by atoms with Gasteiger partial charge in [0.05, 0.1) is 17.6 Å². The van der Waals surface area contributed by atoms with Crippen molar-refractivity contribution in [3.05, 3.63) is 47.4 Å². The highest BCUT2D eigenvalue weighted by Gasteiger charge is 2.33. The fourth-order valence-electron chi connectivity index (χ4n) is 1.73. The molecule has 0 aliphatic rings. The first kappa shape index (κ1) is 14.4. The highest BCUT2D eigenvalue weighted by molar-refractivity contribution is 7.79. The molecule has 2 rings (SSSR count). The Labute approximate surface area is 117 Å². The van der Waals surface area contributed by atoms with E-state index in [9.17, 15) is 17.6 Å². The van der Waals surface area contributed by atoms with Gasteiger partial charge < -0.3 is 5.32 Å². The molecule has 1 N–H and O–H groups in total. The van der Waals surface area contributed by atoms with Crippen LogP contribution < -0.4 is 5.32 Å². The first-order valence-electron chi connectivity index (χ1n) is 5.49. The minimum atomic E-state index is -4.54. The maximum Gasteiger partial charge on any atom is 0.416 e. The number of nitrogens with zero attached hydrogens (tertiary/aromatic N) is 2. The molecule has 0 fully saturated rings. The molecule has 0 aliphatic heterocycles. The van der Waals surface area contributed by atoms with Gasteiger partial charge in [-0.25, -0.2) is 4.39 Å². The average molecular weight is 303 g/mol. The second-order valence-electron chi connectivity index (χ2n) is 3.96. The molecule has 1 aromatic carbocycles. The molecule has 0 amide bonds. The number of hydrogen-bond acceptors (Lipinski definition) is 2. The van der Waals surface area contributed by atoms with Gasteiger partial charge in [0.2, 0.25) is 0 Å². The van der Waals surface area contributed by atoms with Crippen molar-refractivity contribution in [2.24, 2.45) is 0 Å². The van der Waals surface area contributed by atoms with Crippen molar-refractivity contribution in [2.75, 3.05) is 5.32 Å². The summed E-state index contributed by atoms with van der Waals surface area (Å²) in [5, 5.41) is 6.60. The quantitative estimate of drug-likeness (QED) is 0.693. The fourth-order valence-corrected chi connectivity index (χ4v) is 1.85. The predicted molar refractivity (Wildman–Crippen MR) is 70.0 cm³/mol. The van der Waals surface area contributed by atoms with Gasteiger partial charge in [0.15, 0.2) is 5.82 Å². The summed E-state index contributed by atoms with van der Waals surface area (Å²) in [7, 11) is 0. The molecular weight excluding hydrogens is 294 g/mol. The van der Waals surface area contributed by atoms with Gasteiger partial charge in [-0.2, -0.15) is 18.3 Å². The Morgan fingerprint density at radius 2 is 2.05 bits per heavy atom. The van der Waals surface area contributed by atoms with Gasteiger partial charge in [-0.3, -0.25) is 4.68 Å². The fraction of sp³-hybridized carbons (Fsp3) is 0.167. The van der Waals surface area contributed by atoms with Crippen LogP contribution in [-0.4, -0.2) is 15.3 Å². The highest BCUT2D eigenvalue weighted by atomic mass is 32.1. The maximum absolute atomic E-state index is 13.1. The van der Waals surface area contributed by atoms with Crippen molar-refractivity contribution in [1.29, 1.82) is 0 Å². The van der Waals surface area contributed by atoms with Crippen LogP contribution in [0.4, 0.5) is 23.4 Å². The van der Waals surface area contributed by atoms with Gasteiger partial charge in [-0.05, 0) is 23.8 Å². The van der Waals surface area contributed by atoms with E-state index >= 15 is 0 Å². The molecule has 0 unspecified atom stereocenters. The van der Waals surface area contributed by atoms with Gasteiger partial charge in [0.1, 0.15) is 5.82 Å². The zero-order valence-electron chi connectivity index (χ0n) is 9.99. The van der Waals surface area contributed by atoms with E-state index in [1.807, 2.05) is 0 Å².